The van der Waals surface area contributed by atoms with Crippen LogP contribution in [0.4, 0.5) is 0 Å². The van der Waals surface area contributed by atoms with Gasteiger partial charge >= 0.3 is 5.97 Å². The molecular weight excluding hydrogens is 256 g/mol. The molecule has 0 spiro atoms. The molecule has 1 heterocycles. The molecule has 1 aromatic heterocycles. The number of hydrogen-bond donors (Lipinski definition) is 1. The highest BCUT2D eigenvalue weighted by molar-refractivity contribution is 5.67. The van der Waals surface area contributed by atoms with Gasteiger partial charge in [0.15, 0.2) is 5.82 Å². The molecule has 0 saturated heterocycles. The number of benzene rings is 1. The van der Waals surface area contributed by atoms with E-state index in [0.29, 0.717) is 6.42 Å². The van der Waals surface area contributed by atoms with Gasteiger partial charge in [-0.2, -0.15) is 0 Å². The average Bonchev–Trinajstić information content (AvgIpc) is 2.85. The van der Waals surface area contributed by atoms with E-state index in [0.717, 1.165) is 12.2 Å². The van der Waals surface area contributed by atoms with E-state index < -0.39 is 5.97 Å². The molecule has 1 atom stereocenters. The number of tetrazole rings is 1. The molecule has 0 aliphatic heterocycles. The summed E-state index contributed by atoms with van der Waals surface area (Å²) in [4.78, 5) is 10.8. The Morgan fingerprint density at radius 2 is 2.10 bits per heavy atom. The van der Waals surface area contributed by atoms with Crippen LogP contribution in [0.5, 0.6) is 0 Å². The Hall–Kier alpha value is -2.24. The number of aliphatic carboxylic acids is 1. The van der Waals surface area contributed by atoms with Crippen molar-refractivity contribution in [3.05, 3.63) is 41.2 Å². The second-order valence-electron chi connectivity index (χ2n) is 4.91. The van der Waals surface area contributed by atoms with Crippen molar-refractivity contribution in [2.24, 2.45) is 0 Å². The maximum Gasteiger partial charge on any atom is 0.305 e. The summed E-state index contributed by atoms with van der Waals surface area (Å²) in [6.45, 7) is 3.88. The van der Waals surface area contributed by atoms with E-state index in [1.807, 2.05) is 19.1 Å². The minimum absolute atomic E-state index is 0.0163. The van der Waals surface area contributed by atoms with Crippen LogP contribution in [-0.2, 0) is 17.6 Å². The SMILES string of the molecule is Cc1ccccc1CCc1nnnn1C(C)CC(=O)O. The number of aromatic nitrogens is 4. The van der Waals surface area contributed by atoms with Gasteiger partial charge < -0.3 is 5.11 Å². The molecule has 106 valence electrons. The van der Waals surface area contributed by atoms with Crippen LogP contribution in [-0.4, -0.2) is 31.3 Å². The van der Waals surface area contributed by atoms with Gasteiger partial charge in [-0.05, 0) is 41.8 Å². The lowest BCUT2D eigenvalue weighted by Crippen LogP contribution is -2.15. The number of nitrogens with zero attached hydrogens (tertiary/aromatic N) is 4. The van der Waals surface area contributed by atoms with Crippen LogP contribution >= 0.6 is 0 Å². The van der Waals surface area contributed by atoms with Gasteiger partial charge in [0, 0.05) is 6.42 Å². The summed E-state index contributed by atoms with van der Waals surface area (Å²) in [6.07, 6.45) is 1.55. The smallest absolute Gasteiger partial charge is 0.305 e. The maximum absolute atomic E-state index is 10.8. The molecule has 6 heteroatoms. The Labute approximate surface area is 117 Å². The molecule has 6 nitrogen and oxygen atoms in total. The van der Waals surface area contributed by atoms with E-state index in [2.05, 4.69) is 34.6 Å². The van der Waals surface area contributed by atoms with E-state index in [1.165, 1.54) is 11.1 Å². The summed E-state index contributed by atoms with van der Waals surface area (Å²) < 4.78 is 1.60. The van der Waals surface area contributed by atoms with Gasteiger partial charge in [0.1, 0.15) is 0 Å². The first-order valence-corrected chi connectivity index (χ1v) is 6.61. The predicted molar refractivity (Wildman–Crippen MR) is 73.4 cm³/mol. The number of carboxylic acid groups (broad SMARTS) is 1. The molecule has 0 aliphatic carbocycles. The molecule has 1 N–H and O–H groups in total. The van der Waals surface area contributed by atoms with Crippen LogP contribution in [0.3, 0.4) is 0 Å². The minimum atomic E-state index is -0.849. The Morgan fingerprint density at radius 1 is 1.35 bits per heavy atom. The summed E-state index contributed by atoms with van der Waals surface area (Å²) in [6, 6.07) is 7.94. The van der Waals surface area contributed by atoms with Crippen molar-refractivity contribution in [2.75, 3.05) is 0 Å². The van der Waals surface area contributed by atoms with Crippen molar-refractivity contribution in [2.45, 2.75) is 39.2 Å². The van der Waals surface area contributed by atoms with Crippen molar-refractivity contribution in [1.82, 2.24) is 20.2 Å². The fraction of sp³-hybridized carbons (Fsp3) is 0.429. The minimum Gasteiger partial charge on any atom is -0.481 e. The van der Waals surface area contributed by atoms with Crippen LogP contribution in [0.15, 0.2) is 24.3 Å². The van der Waals surface area contributed by atoms with Gasteiger partial charge in [-0.1, -0.05) is 24.3 Å². The zero-order valence-electron chi connectivity index (χ0n) is 11.7. The van der Waals surface area contributed by atoms with Gasteiger partial charge in [-0.15, -0.1) is 5.10 Å². The third kappa shape index (κ3) is 3.40. The van der Waals surface area contributed by atoms with Gasteiger partial charge in [0.2, 0.25) is 0 Å². The lowest BCUT2D eigenvalue weighted by Gasteiger charge is -2.11. The highest BCUT2D eigenvalue weighted by Gasteiger charge is 2.15. The molecule has 1 unspecified atom stereocenters. The highest BCUT2D eigenvalue weighted by atomic mass is 16.4. The molecule has 1 aromatic carbocycles. The van der Waals surface area contributed by atoms with E-state index >= 15 is 0 Å². The summed E-state index contributed by atoms with van der Waals surface area (Å²) in [7, 11) is 0. The molecule has 0 fully saturated rings. The number of rotatable bonds is 6. The highest BCUT2D eigenvalue weighted by Crippen LogP contribution is 2.14. The van der Waals surface area contributed by atoms with Crippen molar-refractivity contribution < 1.29 is 9.90 Å². The third-order valence-corrected chi connectivity index (χ3v) is 3.33. The van der Waals surface area contributed by atoms with Crippen LogP contribution in [0.25, 0.3) is 0 Å². The monoisotopic (exact) mass is 274 g/mol. The number of hydrogen-bond acceptors (Lipinski definition) is 4. The second kappa shape index (κ2) is 6.27. The molecule has 2 aromatic rings. The molecule has 0 radical (unpaired) electrons. The molecule has 0 saturated carbocycles. The molecule has 0 bridgehead atoms. The summed E-state index contributed by atoms with van der Waals surface area (Å²) >= 11 is 0. The molecule has 2 rings (SSSR count). The van der Waals surface area contributed by atoms with Crippen LogP contribution < -0.4 is 0 Å². The van der Waals surface area contributed by atoms with E-state index in [1.54, 1.807) is 4.68 Å². The van der Waals surface area contributed by atoms with Crippen molar-refractivity contribution in [3.8, 4) is 0 Å². The molecule has 0 amide bonds. The summed E-state index contributed by atoms with van der Waals surface area (Å²) in [5, 5.41) is 20.4. The standard InChI is InChI=1S/C14H18N4O2/c1-10-5-3-4-6-12(10)7-8-13-15-16-17-18(13)11(2)9-14(19)20/h3-6,11H,7-9H2,1-2H3,(H,19,20). The van der Waals surface area contributed by atoms with Crippen LogP contribution in [0, 0.1) is 6.92 Å². The first-order chi connectivity index (χ1) is 9.58. The predicted octanol–water partition coefficient (Wildman–Crippen LogP) is 1.80. The number of aryl methyl sites for hydroxylation is 3. The number of carboxylic acids is 1. The Kier molecular flexibility index (Phi) is 4.45. The normalized spacial score (nSPS) is 12.3. The number of carbonyl (C=O) groups is 1. The Balaban J connectivity index is 2.06. The van der Waals surface area contributed by atoms with E-state index in [9.17, 15) is 4.79 Å². The van der Waals surface area contributed by atoms with Crippen LogP contribution in [0.1, 0.15) is 36.3 Å². The van der Waals surface area contributed by atoms with Crippen molar-refractivity contribution >= 4 is 5.97 Å². The maximum atomic E-state index is 10.8. The van der Waals surface area contributed by atoms with E-state index in [-0.39, 0.29) is 12.5 Å². The molecule has 0 aliphatic rings. The fourth-order valence-corrected chi connectivity index (χ4v) is 2.20. The Morgan fingerprint density at radius 3 is 2.80 bits per heavy atom. The van der Waals surface area contributed by atoms with Crippen molar-refractivity contribution in [1.29, 1.82) is 0 Å². The molecule has 20 heavy (non-hydrogen) atoms. The zero-order valence-corrected chi connectivity index (χ0v) is 11.7. The Bertz CT molecular complexity index is 594. The lowest BCUT2D eigenvalue weighted by molar-refractivity contribution is -0.137. The van der Waals surface area contributed by atoms with E-state index in [4.69, 9.17) is 5.11 Å². The quantitative estimate of drug-likeness (QED) is 0.868. The average molecular weight is 274 g/mol. The fourth-order valence-electron chi connectivity index (χ4n) is 2.20. The largest absolute Gasteiger partial charge is 0.481 e. The zero-order chi connectivity index (χ0) is 14.5. The topological polar surface area (TPSA) is 80.9 Å². The van der Waals surface area contributed by atoms with Gasteiger partial charge in [0.25, 0.3) is 0 Å². The van der Waals surface area contributed by atoms with Gasteiger partial charge in [-0.3, -0.25) is 4.79 Å². The third-order valence-electron chi connectivity index (χ3n) is 3.33. The molecular formula is C14H18N4O2. The second-order valence-corrected chi connectivity index (χ2v) is 4.91. The first kappa shape index (κ1) is 14.2. The van der Waals surface area contributed by atoms with Crippen molar-refractivity contribution in [3.63, 3.8) is 0 Å². The van der Waals surface area contributed by atoms with Gasteiger partial charge in [-0.25, -0.2) is 4.68 Å². The van der Waals surface area contributed by atoms with Crippen LogP contribution in [0.2, 0.25) is 0 Å². The first-order valence-electron chi connectivity index (χ1n) is 6.61. The summed E-state index contributed by atoms with van der Waals surface area (Å²) in [5.74, 6) is -0.125. The summed E-state index contributed by atoms with van der Waals surface area (Å²) in [5.41, 5.74) is 2.50. The van der Waals surface area contributed by atoms with Gasteiger partial charge in [0.05, 0.1) is 12.5 Å². The lowest BCUT2D eigenvalue weighted by atomic mass is 10.0.